The number of nitrogens with zero attached hydrogens (tertiary/aromatic N) is 1. The molecule has 1 N–H and O–H groups in total. The van der Waals surface area contributed by atoms with Gasteiger partial charge in [0.25, 0.3) is 0 Å². The zero-order chi connectivity index (χ0) is 13.4. The zero-order valence-electron chi connectivity index (χ0n) is 12.0. The molecule has 3 heteroatoms. The van der Waals surface area contributed by atoms with Gasteiger partial charge in [0, 0.05) is 19.0 Å². The fourth-order valence-electron chi connectivity index (χ4n) is 3.49. The molecule has 2 aliphatic rings. The SMILES string of the molecule is CC1(O)CCCN(C(=O)C2CCCC2(C)C)CC1. The van der Waals surface area contributed by atoms with Crippen LogP contribution in [0.3, 0.4) is 0 Å². The summed E-state index contributed by atoms with van der Waals surface area (Å²) in [5.41, 5.74) is -0.424. The topological polar surface area (TPSA) is 40.5 Å². The Morgan fingerprint density at radius 2 is 1.83 bits per heavy atom. The van der Waals surface area contributed by atoms with E-state index in [2.05, 4.69) is 13.8 Å². The third-order valence-electron chi connectivity index (χ3n) is 4.93. The predicted molar refractivity (Wildman–Crippen MR) is 72.2 cm³/mol. The number of carbonyl (C=O) groups is 1. The van der Waals surface area contributed by atoms with Crippen LogP contribution in [0.5, 0.6) is 0 Å². The van der Waals surface area contributed by atoms with Crippen molar-refractivity contribution in [2.24, 2.45) is 11.3 Å². The first-order valence-electron chi connectivity index (χ1n) is 7.33. The molecule has 0 aromatic rings. The number of aliphatic hydroxyl groups is 1. The molecule has 104 valence electrons. The van der Waals surface area contributed by atoms with Crippen LogP contribution in [0.25, 0.3) is 0 Å². The molecule has 0 bridgehead atoms. The molecule has 2 unspecified atom stereocenters. The average molecular weight is 253 g/mol. The smallest absolute Gasteiger partial charge is 0.226 e. The summed E-state index contributed by atoms with van der Waals surface area (Å²) in [4.78, 5) is 14.6. The van der Waals surface area contributed by atoms with E-state index in [1.807, 2.05) is 11.8 Å². The summed E-state index contributed by atoms with van der Waals surface area (Å²) in [6, 6.07) is 0. The van der Waals surface area contributed by atoms with Crippen molar-refractivity contribution >= 4 is 5.91 Å². The van der Waals surface area contributed by atoms with E-state index in [0.717, 1.165) is 38.8 Å². The monoisotopic (exact) mass is 253 g/mol. The lowest BCUT2D eigenvalue weighted by molar-refractivity contribution is -0.138. The first-order chi connectivity index (χ1) is 8.32. The van der Waals surface area contributed by atoms with Gasteiger partial charge in [-0.2, -0.15) is 0 Å². The van der Waals surface area contributed by atoms with Crippen LogP contribution in [-0.4, -0.2) is 34.6 Å². The highest BCUT2D eigenvalue weighted by atomic mass is 16.3. The van der Waals surface area contributed by atoms with Gasteiger partial charge in [-0.3, -0.25) is 4.79 Å². The molecular weight excluding hydrogens is 226 g/mol. The Morgan fingerprint density at radius 1 is 1.11 bits per heavy atom. The molecular formula is C15H27NO2. The van der Waals surface area contributed by atoms with Crippen LogP contribution in [-0.2, 0) is 4.79 Å². The minimum atomic E-state index is -0.583. The average Bonchev–Trinajstić information content (AvgIpc) is 2.50. The molecule has 1 aliphatic carbocycles. The van der Waals surface area contributed by atoms with Crippen LogP contribution >= 0.6 is 0 Å². The van der Waals surface area contributed by atoms with Crippen LogP contribution in [0, 0.1) is 11.3 Å². The van der Waals surface area contributed by atoms with Gasteiger partial charge >= 0.3 is 0 Å². The lowest BCUT2D eigenvalue weighted by Crippen LogP contribution is -2.41. The van der Waals surface area contributed by atoms with Gasteiger partial charge in [-0.1, -0.05) is 20.3 Å². The summed E-state index contributed by atoms with van der Waals surface area (Å²) in [5.74, 6) is 0.524. The fourth-order valence-corrected chi connectivity index (χ4v) is 3.49. The van der Waals surface area contributed by atoms with Crippen molar-refractivity contribution < 1.29 is 9.90 Å². The number of amides is 1. The van der Waals surface area contributed by atoms with Crippen molar-refractivity contribution in [1.29, 1.82) is 0 Å². The van der Waals surface area contributed by atoms with E-state index in [4.69, 9.17) is 0 Å². The highest BCUT2D eigenvalue weighted by molar-refractivity contribution is 5.80. The highest BCUT2D eigenvalue weighted by Gasteiger charge is 2.41. The van der Waals surface area contributed by atoms with Gasteiger partial charge in [0.1, 0.15) is 0 Å². The third-order valence-corrected chi connectivity index (χ3v) is 4.93. The van der Waals surface area contributed by atoms with Crippen LogP contribution in [0.2, 0.25) is 0 Å². The van der Waals surface area contributed by atoms with E-state index in [1.54, 1.807) is 0 Å². The number of hydrogen-bond acceptors (Lipinski definition) is 2. The fraction of sp³-hybridized carbons (Fsp3) is 0.933. The van der Waals surface area contributed by atoms with E-state index in [9.17, 15) is 9.90 Å². The Balaban J connectivity index is 2.01. The number of carbonyl (C=O) groups excluding carboxylic acids is 1. The molecule has 1 heterocycles. The summed E-state index contributed by atoms with van der Waals surface area (Å²) in [7, 11) is 0. The summed E-state index contributed by atoms with van der Waals surface area (Å²) in [6.45, 7) is 7.87. The first kappa shape index (κ1) is 13.9. The normalized spacial score (nSPS) is 36.4. The lowest BCUT2D eigenvalue weighted by atomic mass is 9.81. The maximum atomic E-state index is 12.6. The standard InChI is InChI=1S/C15H27NO2/c1-14(2)7-4-6-12(14)13(17)16-10-5-8-15(3,18)9-11-16/h12,18H,4-11H2,1-3H3. The minimum absolute atomic E-state index is 0.159. The molecule has 2 fully saturated rings. The van der Waals surface area contributed by atoms with E-state index in [-0.39, 0.29) is 11.3 Å². The van der Waals surface area contributed by atoms with Crippen molar-refractivity contribution in [2.45, 2.75) is 64.9 Å². The molecule has 2 rings (SSSR count). The van der Waals surface area contributed by atoms with Crippen molar-refractivity contribution in [1.82, 2.24) is 4.90 Å². The molecule has 0 aromatic carbocycles. The Bertz CT molecular complexity index is 322. The molecule has 0 aromatic heterocycles. The van der Waals surface area contributed by atoms with Crippen LogP contribution < -0.4 is 0 Å². The van der Waals surface area contributed by atoms with Gasteiger partial charge in [-0.05, 0) is 44.4 Å². The van der Waals surface area contributed by atoms with Gasteiger partial charge in [0.05, 0.1) is 5.60 Å². The van der Waals surface area contributed by atoms with Gasteiger partial charge in [0.2, 0.25) is 5.91 Å². The maximum absolute atomic E-state index is 12.6. The summed E-state index contributed by atoms with van der Waals surface area (Å²) in [5, 5.41) is 10.1. The van der Waals surface area contributed by atoms with E-state index >= 15 is 0 Å². The molecule has 3 nitrogen and oxygen atoms in total. The summed E-state index contributed by atoms with van der Waals surface area (Å²) >= 11 is 0. The van der Waals surface area contributed by atoms with Crippen molar-refractivity contribution in [3.8, 4) is 0 Å². The lowest BCUT2D eigenvalue weighted by Gasteiger charge is -2.31. The van der Waals surface area contributed by atoms with Crippen LogP contribution in [0.4, 0.5) is 0 Å². The Kier molecular flexibility index (Phi) is 3.72. The third kappa shape index (κ3) is 2.87. The highest BCUT2D eigenvalue weighted by Crippen LogP contribution is 2.43. The van der Waals surface area contributed by atoms with Crippen molar-refractivity contribution in [3.05, 3.63) is 0 Å². The molecule has 1 aliphatic heterocycles. The van der Waals surface area contributed by atoms with E-state index in [1.165, 1.54) is 6.42 Å². The second-order valence-corrected chi connectivity index (χ2v) is 7.11. The van der Waals surface area contributed by atoms with Gasteiger partial charge in [0.15, 0.2) is 0 Å². The number of rotatable bonds is 1. The van der Waals surface area contributed by atoms with E-state index < -0.39 is 5.60 Å². The van der Waals surface area contributed by atoms with Crippen molar-refractivity contribution in [2.75, 3.05) is 13.1 Å². The molecule has 0 radical (unpaired) electrons. The Morgan fingerprint density at radius 3 is 2.44 bits per heavy atom. The first-order valence-corrected chi connectivity index (χ1v) is 7.33. The minimum Gasteiger partial charge on any atom is -0.390 e. The Labute approximate surface area is 111 Å². The van der Waals surface area contributed by atoms with Gasteiger partial charge in [-0.25, -0.2) is 0 Å². The van der Waals surface area contributed by atoms with Crippen LogP contribution in [0.15, 0.2) is 0 Å². The molecule has 1 saturated carbocycles. The summed E-state index contributed by atoms with van der Waals surface area (Å²) in [6.07, 6.45) is 5.82. The molecule has 18 heavy (non-hydrogen) atoms. The van der Waals surface area contributed by atoms with Crippen molar-refractivity contribution in [3.63, 3.8) is 0 Å². The number of likely N-dealkylation sites (tertiary alicyclic amines) is 1. The summed E-state index contributed by atoms with van der Waals surface area (Å²) < 4.78 is 0. The zero-order valence-corrected chi connectivity index (χ0v) is 12.0. The predicted octanol–water partition coefficient (Wildman–Crippen LogP) is 2.58. The second kappa shape index (κ2) is 4.84. The molecule has 1 amide bonds. The number of hydrogen-bond donors (Lipinski definition) is 1. The Hall–Kier alpha value is -0.570. The van der Waals surface area contributed by atoms with Gasteiger partial charge in [-0.15, -0.1) is 0 Å². The largest absolute Gasteiger partial charge is 0.390 e. The molecule has 2 atom stereocenters. The van der Waals surface area contributed by atoms with E-state index in [0.29, 0.717) is 12.3 Å². The second-order valence-electron chi connectivity index (χ2n) is 7.11. The quantitative estimate of drug-likeness (QED) is 0.780. The maximum Gasteiger partial charge on any atom is 0.226 e. The molecule has 1 saturated heterocycles. The van der Waals surface area contributed by atoms with Gasteiger partial charge < -0.3 is 10.0 Å². The van der Waals surface area contributed by atoms with Crippen LogP contribution in [0.1, 0.15) is 59.3 Å². The molecule has 0 spiro atoms.